The van der Waals surface area contributed by atoms with E-state index in [0.29, 0.717) is 6.42 Å². The number of ether oxygens (including phenoxy) is 2. The summed E-state index contributed by atoms with van der Waals surface area (Å²) in [4.78, 5) is 11.7. The highest BCUT2D eigenvalue weighted by Gasteiger charge is 2.08. The van der Waals surface area contributed by atoms with E-state index in [9.17, 15) is 4.79 Å². The molecular weight excluding hydrogens is 352 g/mol. The largest absolute Gasteiger partial charge is 0.463 e. The Hall–Kier alpha value is -0.870. The minimum atomic E-state index is -0.492. The Bertz CT molecular complexity index is 366. The molecule has 0 aliphatic heterocycles. The Morgan fingerprint density at radius 1 is 0.821 bits per heavy atom. The number of hydrogen-bond acceptors (Lipinski definition) is 4. The summed E-state index contributed by atoms with van der Waals surface area (Å²) in [6.07, 6.45) is 20.8. The molecule has 0 bridgehead atoms. The van der Waals surface area contributed by atoms with Crippen molar-refractivity contribution in [1.82, 2.24) is 0 Å². The van der Waals surface area contributed by atoms with Crippen LogP contribution in [0.2, 0.25) is 0 Å². The predicted molar refractivity (Wildman–Crippen MR) is 118 cm³/mol. The summed E-state index contributed by atoms with van der Waals surface area (Å²) in [6, 6.07) is 0. The molecule has 0 heterocycles. The molecule has 2 atom stereocenters. The van der Waals surface area contributed by atoms with Gasteiger partial charge in [-0.25, -0.2) is 0 Å². The summed E-state index contributed by atoms with van der Waals surface area (Å²) >= 11 is 0. The molecular formula is C24H46O4. The number of allylic oxidation sites excluding steroid dienone is 2. The van der Waals surface area contributed by atoms with E-state index in [1.54, 1.807) is 6.92 Å². The molecule has 0 amide bonds. The Labute approximate surface area is 174 Å². The Balaban J connectivity index is 3.31. The first-order valence-electron chi connectivity index (χ1n) is 11.7. The van der Waals surface area contributed by atoms with Crippen molar-refractivity contribution in [2.45, 2.75) is 123 Å². The van der Waals surface area contributed by atoms with E-state index in [1.807, 2.05) is 6.92 Å². The SMILES string of the molecule is CCCCCCCC/C=C/CCCCCCCC(=O)OCC(C)OCC(C)O. The highest BCUT2D eigenvalue weighted by atomic mass is 16.6. The minimum Gasteiger partial charge on any atom is -0.463 e. The van der Waals surface area contributed by atoms with Crippen molar-refractivity contribution in [2.24, 2.45) is 0 Å². The van der Waals surface area contributed by atoms with Crippen LogP contribution in [0.4, 0.5) is 0 Å². The van der Waals surface area contributed by atoms with Crippen LogP contribution in [-0.4, -0.2) is 36.5 Å². The lowest BCUT2D eigenvalue weighted by molar-refractivity contribution is -0.148. The van der Waals surface area contributed by atoms with Crippen molar-refractivity contribution < 1.29 is 19.4 Å². The zero-order valence-electron chi connectivity index (χ0n) is 18.8. The fourth-order valence-corrected chi connectivity index (χ4v) is 2.97. The number of unbranched alkanes of at least 4 members (excludes halogenated alkanes) is 11. The Morgan fingerprint density at radius 2 is 1.36 bits per heavy atom. The van der Waals surface area contributed by atoms with Crippen LogP contribution in [0.25, 0.3) is 0 Å². The first-order chi connectivity index (χ1) is 13.6. The number of esters is 1. The van der Waals surface area contributed by atoms with Gasteiger partial charge in [-0.05, 0) is 46.0 Å². The molecule has 0 radical (unpaired) electrons. The van der Waals surface area contributed by atoms with Crippen LogP contribution >= 0.6 is 0 Å². The van der Waals surface area contributed by atoms with Gasteiger partial charge in [-0.3, -0.25) is 4.79 Å². The molecule has 0 rings (SSSR count). The van der Waals surface area contributed by atoms with Crippen LogP contribution in [0.15, 0.2) is 12.2 Å². The summed E-state index contributed by atoms with van der Waals surface area (Å²) in [5, 5.41) is 9.14. The lowest BCUT2D eigenvalue weighted by atomic mass is 10.1. The smallest absolute Gasteiger partial charge is 0.305 e. The van der Waals surface area contributed by atoms with E-state index in [2.05, 4.69) is 19.1 Å². The molecule has 0 aliphatic carbocycles. The van der Waals surface area contributed by atoms with Gasteiger partial charge in [-0.15, -0.1) is 0 Å². The third-order valence-electron chi connectivity index (χ3n) is 4.74. The fraction of sp³-hybridized carbons (Fsp3) is 0.875. The first-order valence-corrected chi connectivity index (χ1v) is 11.7. The second-order valence-corrected chi connectivity index (χ2v) is 8.01. The number of aliphatic hydroxyl groups excluding tert-OH is 1. The Morgan fingerprint density at radius 3 is 1.93 bits per heavy atom. The lowest BCUT2D eigenvalue weighted by Crippen LogP contribution is -2.23. The van der Waals surface area contributed by atoms with Crippen LogP contribution in [-0.2, 0) is 14.3 Å². The van der Waals surface area contributed by atoms with Crippen LogP contribution in [0.5, 0.6) is 0 Å². The molecule has 0 saturated heterocycles. The number of carbonyl (C=O) groups excluding carboxylic acids is 1. The summed E-state index contributed by atoms with van der Waals surface area (Å²) in [5.74, 6) is -0.148. The van der Waals surface area contributed by atoms with Gasteiger partial charge < -0.3 is 14.6 Å². The average molecular weight is 399 g/mol. The van der Waals surface area contributed by atoms with E-state index in [1.165, 1.54) is 70.6 Å². The van der Waals surface area contributed by atoms with E-state index in [4.69, 9.17) is 14.6 Å². The molecule has 0 aromatic rings. The van der Waals surface area contributed by atoms with Gasteiger partial charge >= 0.3 is 5.97 Å². The molecule has 0 aromatic heterocycles. The standard InChI is InChI=1S/C24H46O4/c1-4-5-6-7-8-9-10-11-12-13-14-15-16-17-18-19-24(26)28-21-23(3)27-20-22(2)25/h11-12,22-23,25H,4-10,13-21H2,1-3H3/b12-11+. The topological polar surface area (TPSA) is 55.8 Å². The normalized spacial score (nSPS) is 13.7. The molecule has 0 spiro atoms. The van der Waals surface area contributed by atoms with Gasteiger partial charge in [0, 0.05) is 6.42 Å². The third-order valence-corrected chi connectivity index (χ3v) is 4.74. The van der Waals surface area contributed by atoms with Gasteiger partial charge in [0.2, 0.25) is 0 Å². The molecule has 4 heteroatoms. The second-order valence-electron chi connectivity index (χ2n) is 8.01. The van der Waals surface area contributed by atoms with Crippen molar-refractivity contribution in [3.63, 3.8) is 0 Å². The summed E-state index contributed by atoms with van der Waals surface area (Å²) in [6.45, 7) is 6.31. The zero-order valence-corrected chi connectivity index (χ0v) is 18.8. The van der Waals surface area contributed by atoms with Crippen LogP contribution in [0.1, 0.15) is 111 Å². The van der Waals surface area contributed by atoms with Crippen LogP contribution in [0, 0.1) is 0 Å². The zero-order chi connectivity index (χ0) is 20.9. The quantitative estimate of drug-likeness (QED) is 0.147. The maximum Gasteiger partial charge on any atom is 0.305 e. The van der Waals surface area contributed by atoms with Crippen LogP contribution in [0.3, 0.4) is 0 Å². The molecule has 0 saturated carbocycles. The van der Waals surface area contributed by atoms with Gasteiger partial charge in [0.25, 0.3) is 0 Å². The number of carbonyl (C=O) groups is 1. The summed E-state index contributed by atoms with van der Waals surface area (Å²) < 4.78 is 10.6. The summed E-state index contributed by atoms with van der Waals surface area (Å²) in [5.41, 5.74) is 0. The monoisotopic (exact) mass is 398 g/mol. The molecule has 0 fully saturated rings. The Kier molecular flexibility index (Phi) is 20.2. The third kappa shape index (κ3) is 21.4. The molecule has 0 aliphatic rings. The van der Waals surface area contributed by atoms with Crippen molar-refractivity contribution in [1.29, 1.82) is 0 Å². The first kappa shape index (κ1) is 27.1. The van der Waals surface area contributed by atoms with E-state index < -0.39 is 6.10 Å². The van der Waals surface area contributed by atoms with Gasteiger partial charge in [0.1, 0.15) is 6.61 Å². The highest BCUT2D eigenvalue weighted by molar-refractivity contribution is 5.69. The van der Waals surface area contributed by atoms with Crippen molar-refractivity contribution in [3.8, 4) is 0 Å². The molecule has 4 nitrogen and oxygen atoms in total. The fourth-order valence-electron chi connectivity index (χ4n) is 2.97. The molecule has 166 valence electrons. The maximum atomic E-state index is 11.7. The minimum absolute atomic E-state index is 0.148. The van der Waals surface area contributed by atoms with E-state index in [0.717, 1.165) is 12.8 Å². The number of hydrogen-bond donors (Lipinski definition) is 1. The van der Waals surface area contributed by atoms with Gasteiger partial charge in [0.05, 0.1) is 18.8 Å². The lowest BCUT2D eigenvalue weighted by Gasteiger charge is -2.14. The molecule has 1 N–H and O–H groups in total. The summed E-state index contributed by atoms with van der Waals surface area (Å²) in [7, 11) is 0. The predicted octanol–water partition coefficient (Wildman–Crippen LogP) is 6.35. The second kappa shape index (κ2) is 20.9. The highest BCUT2D eigenvalue weighted by Crippen LogP contribution is 2.10. The van der Waals surface area contributed by atoms with Gasteiger partial charge in [0.15, 0.2) is 0 Å². The van der Waals surface area contributed by atoms with Crippen molar-refractivity contribution in [3.05, 3.63) is 12.2 Å². The van der Waals surface area contributed by atoms with Gasteiger partial charge in [-0.2, -0.15) is 0 Å². The van der Waals surface area contributed by atoms with Crippen molar-refractivity contribution in [2.75, 3.05) is 13.2 Å². The van der Waals surface area contributed by atoms with Crippen molar-refractivity contribution >= 4 is 5.97 Å². The van der Waals surface area contributed by atoms with E-state index in [-0.39, 0.29) is 25.3 Å². The van der Waals surface area contributed by atoms with Crippen LogP contribution < -0.4 is 0 Å². The molecule has 0 aromatic carbocycles. The number of aliphatic hydroxyl groups is 1. The molecule has 2 unspecified atom stereocenters. The molecule has 28 heavy (non-hydrogen) atoms. The van der Waals surface area contributed by atoms with E-state index >= 15 is 0 Å². The number of rotatable bonds is 20. The average Bonchev–Trinajstić information content (AvgIpc) is 2.67. The van der Waals surface area contributed by atoms with Gasteiger partial charge in [-0.1, -0.05) is 70.4 Å². The maximum absolute atomic E-state index is 11.7.